The number of aromatic nitrogens is 4. The number of benzene rings is 2. The van der Waals surface area contributed by atoms with Gasteiger partial charge in [-0.25, -0.2) is 14.1 Å². The Kier molecular flexibility index (Phi) is 6.61. The number of fused-ring (bicyclic) bond motifs is 1. The number of para-hydroxylation sites is 1. The van der Waals surface area contributed by atoms with E-state index < -0.39 is 17.6 Å². The Morgan fingerprint density at radius 1 is 1.11 bits per heavy atom. The highest BCUT2D eigenvalue weighted by atomic mass is 19.4. The maximum atomic E-state index is 14.8. The van der Waals surface area contributed by atoms with E-state index in [1.165, 1.54) is 31.2 Å². The number of alkyl halides is 3. The van der Waals surface area contributed by atoms with Crippen molar-refractivity contribution in [2.24, 2.45) is 0 Å². The molecule has 192 valence electrons. The number of halogens is 4. The molecule has 2 aromatic carbocycles. The van der Waals surface area contributed by atoms with E-state index in [4.69, 9.17) is 0 Å². The number of amides is 1. The van der Waals surface area contributed by atoms with E-state index in [0.717, 1.165) is 42.3 Å². The van der Waals surface area contributed by atoms with Gasteiger partial charge in [-0.2, -0.15) is 13.2 Å². The first-order valence-corrected chi connectivity index (χ1v) is 11.6. The lowest BCUT2D eigenvalue weighted by Crippen LogP contribution is -2.43. The van der Waals surface area contributed by atoms with Gasteiger partial charge in [-0.3, -0.25) is 9.69 Å². The standard InChI is InChI=1S/C25H23F4N7O/c1-15-23(33-34-36(15)21-5-3-2-4-18(21)25(27,28)29)24(37)32-22-7-6-16-12-17(19(26)13-20(16)31-22)14-35-10-8-30-9-11-35/h2-7,12-13,30H,8-11,14H2,1H3,(H,31,32,37). The summed E-state index contributed by atoms with van der Waals surface area (Å²) in [6.07, 6.45) is -4.60. The van der Waals surface area contributed by atoms with Gasteiger partial charge < -0.3 is 10.6 Å². The van der Waals surface area contributed by atoms with Crippen LogP contribution in [0.2, 0.25) is 0 Å². The minimum Gasteiger partial charge on any atom is -0.314 e. The number of pyridine rings is 1. The number of nitrogens with zero attached hydrogens (tertiary/aromatic N) is 5. The van der Waals surface area contributed by atoms with Crippen LogP contribution in [0.3, 0.4) is 0 Å². The molecule has 0 saturated carbocycles. The molecule has 1 saturated heterocycles. The van der Waals surface area contributed by atoms with E-state index in [9.17, 15) is 22.4 Å². The van der Waals surface area contributed by atoms with E-state index in [-0.39, 0.29) is 28.7 Å². The summed E-state index contributed by atoms with van der Waals surface area (Å²) in [6.45, 7) is 5.35. The molecule has 1 amide bonds. The number of rotatable bonds is 5. The number of carbonyl (C=O) groups excluding carboxylic acids is 1. The average Bonchev–Trinajstić information content (AvgIpc) is 3.26. The van der Waals surface area contributed by atoms with Gasteiger partial charge in [0.25, 0.3) is 5.91 Å². The van der Waals surface area contributed by atoms with Crippen molar-refractivity contribution < 1.29 is 22.4 Å². The minimum absolute atomic E-state index is 0.124. The van der Waals surface area contributed by atoms with Crippen molar-refractivity contribution >= 4 is 22.6 Å². The fourth-order valence-electron chi connectivity index (χ4n) is 4.34. The third-order valence-corrected chi connectivity index (χ3v) is 6.25. The third kappa shape index (κ3) is 5.16. The second kappa shape index (κ2) is 9.87. The lowest BCUT2D eigenvalue weighted by Gasteiger charge is -2.27. The summed E-state index contributed by atoms with van der Waals surface area (Å²) in [5, 5.41) is 14.1. The van der Waals surface area contributed by atoms with Gasteiger partial charge in [0.15, 0.2) is 5.69 Å². The molecule has 12 heteroatoms. The Morgan fingerprint density at radius 2 is 1.86 bits per heavy atom. The van der Waals surface area contributed by atoms with Gasteiger partial charge in [0.05, 0.1) is 22.5 Å². The van der Waals surface area contributed by atoms with Crippen molar-refractivity contribution in [3.05, 3.63) is 76.9 Å². The molecule has 5 rings (SSSR count). The molecule has 2 N–H and O–H groups in total. The van der Waals surface area contributed by atoms with Crippen molar-refractivity contribution in [3.8, 4) is 5.69 Å². The van der Waals surface area contributed by atoms with Crippen LogP contribution >= 0.6 is 0 Å². The molecule has 0 atom stereocenters. The first-order chi connectivity index (χ1) is 17.7. The third-order valence-electron chi connectivity index (χ3n) is 6.25. The summed E-state index contributed by atoms with van der Waals surface area (Å²) in [7, 11) is 0. The SMILES string of the molecule is Cc1c(C(=O)Nc2ccc3cc(CN4CCNCC4)c(F)cc3n2)nnn1-c1ccccc1C(F)(F)F. The molecule has 3 heterocycles. The molecule has 0 aliphatic carbocycles. The predicted molar refractivity (Wildman–Crippen MR) is 129 cm³/mol. The molecule has 0 unspecified atom stereocenters. The summed E-state index contributed by atoms with van der Waals surface area (Å²) in [5.74, 6) is -0.934. The molecule has 0 bridgehead atoms. The van der Waals surface area contributed by atoms with E-state index in [2.05, 4.69) is 30.8 Å². The number of hydrogen-bond acceptors (Lipinski definition) is 6. The molecule has 8 nitrogen and oxygen atoms in total. The Bertz CT molecular complexity index is 1460. The molecular formula is C25H23F4N7O. The van der Waals surface area contributed by atoms with Crippen LogP contribution in [0.1, 0.15) is 27.3 Å². The second-order valence-electron chi connectivity index (χ2n) is 8.76. The quantitative estimate of drug-likeness (QED) is 0.393. The fourth-order valence-corrected chi connectivity index (χ4v) is 4.34. The predicted octanol–water partition coefficient (Wildman–Crippen LogP) is 3.94. The molecule has 1 fully saturated rings. The first kappa shape index (κ1) is 24.8. The zero-order valence-corrected chi connectivity index (χ0v) is 19.8. The highest BCUT2D eigenvalue weighted by Gasteiger charge is 2.34. The number of anilines is 1. The van der Waals surface area contributed by atoms with Gasteiger partial charge in [0.2, 0.25) is 0 Å². The van der Waals surface area contributed by atoms with Crippen LogP contribution in [0, 0.1) is 12.7 Å². The largest absolute Gasteiger partial charge is 0.418 e. The maximum absolute atomic E-state index is 14.8. The van der Waals surface area contributed by atoms with Crippen molar-refractivity contribution in [2.45, 2.75) is 19.6 Å². The average molecular weight is 513 g/mol. The molecule has 1 aliphatic heterocycles. The summed E-state index contributed by atoms with van der Waals surface area (Å²) in [4.78, 5) is 19.4. The van der Waals surface area contributed by atoms with Crippen molar-refractivity contribution in [1.29, 1.82) is 0 Å². The summed E-state index contributed by atoms with van der Waals surface area (Å²) < 4.78 is 56.1. The first-order valence-electron chi connectivity index (χ1n) is 11.6. The Hall–Kier alpha value is -3.90. The number of hydrogen-bond donors (Lipinski definition) is 2. The van der Waals surface area contributed by atoms with Crippen molar-refractivity contribution in [1.82, 2.24) is 30.2 Å². The van der Waals surface area contributed by atoms with E-state index in [1.54, 1.807) is 18.2 Å². The van der Waals surface area contributed by atoms with Gasteiger partial charge in [0, 0.05) is 49.7 Å². The lowest BCUT2D eigenvalue weighted by atomic mass is 10.1. The Labute approximate surface area is 209 Å². The summed E-state index contributed by atoms with van der Waals surface area (Å²) in [5.41, 5.74) is -0.243. The van der Waals surface area contributed by atoms with Crippen molar-refractivity contribution in [2.75, 3.05) is 31.5 Å². The van der Waals surface area contributed by atoms with Crippen LogP contribution in [-0.2, 0) is 12.7 Å². The van der Waals surface area contributed by atoms with Crippen LogP contribution in [0.4, 0.5) is 23.4 Å². The second-order valence-corrected chi connectivity index (χ2v) is 8.76. The smallest absolute Gasteiger partial charge is 0.314 e. The monoisotopic (exact) mass is 513 g/mol. The van der Waals surface area contributed by atoms with E-state index in [1.807, 2.05) is 0 Å². The maximum Gasteiger partial charge on any atom is 0.418 e. The number of piperazine rings is 1. The van der Waals surface area contributed by atoms with Crippen LogP contribution < -0.4 is 10.6 Å². The van der Waals surface area contributed by atoms with Gasteiger partial charge in [0.1, 0.15) is 11.6 Å². The highest BCUT2D eigenvalue weighted by molar-refractivity contribution is 6.03. The molecule has 37 heavy (non-hydrogen) atoms. The topological polar surface area (TPSA) is 88.0 Å². The number of carbonyl (C=O) groups is 1. The molecule has 0 radical (unpaired) electrons. The molecule has 0 spiro atoms. The molecular weight excluding hydrogens is 490 g/mol. The van der Waals surface area contributed by atoms with Crippen LogP contribution in [0.5, 0.6) is 0 Å². The number of nitrogens with one attached hydrogen (secondary N) is 2. The van der Waals surface area contributed by atoms with Crippen LogP contribution in [0.25, 0.3) is 16.6 Å². The van der Waals surface area contributed by atoms with Crippen molar-refractivity contribution in [3.63, 3.8) is 0 Å². The summed E-state index contributed by atoms with van der Waals surface area (Å²) >= 11 is 0. The zero-order chi connectivity index (χ0) is 26.2. The fraction of sp³-hybridized carbons (Fsp3) is 0.280. The highest BCUT2D eigenvalue weighted by Crippen LogP contribution is 2.34. The van der Waals surface area contributed by atoms with Crippen LogP contribution in [-0.4, -0.2) is 57.0 Å². The Morgan fingerprint density at radius 3 is 2.62 bits per heavy atom. The minimum atomic E-state index is -4.60. The lowest BCUT2D eigenvalue weighted by molar-refractivity contribution is -0.137. The van der Waals surface area contributed by atoms with Crippen LogP contribution in [0.15, 0.2) is 48.5 Å². The summed E-state index contributed by atoms with van der Waals surface area (Å²) in [6, 6.07) is 11.3. The van der Waals surface area contributed by atoms with E-state index in [0.29, 0.717) is 17.6 Å². The van der Waals surface area contributed by atoms with Gasteiger partial charge in [-0.15, -0.1) is 5.10 Å². The zero-order valence-electron chi connectivity index (χ0n) is 19.8. The molecule has 2 aromatic heterocycles. The van der Waals surface area contributed by atoms with E-state index >= 15 is 0 Å². The molecule has 1 aliphatic rings. The van der Waals surface area contributed by atoms with Gasteiger partial charge >= 0.3 is 6.18 Å². The Balaban J connectivity index is 1.36. The normalized spacial score (nSPS) is 14.7. The van der Waals surface area contributed by atoms with Gasteiger partial charge in [-0.05, 0) is 37.3 Å². The van der Waals surface area contributed by atoms with Gasteiger partial charge in [-0.1, -0.05) is 17.3 Å². The molecule has 4 aromatic rings.